The highest BCUT2D eigenvalue weighted by atomic mass is 32.1. The topological polar surface area (TPSA) is 341 Å². The third kappa shape index (κ3) is 14.5. The summed E-state index contributed by atoms with van der Waals surface area (Å²) >= 11 is 12.6. The average molecular weight is 980 g/mol. The fraction of sp³-hybridized carbons (Fsp3) is 0.585. The monoisotopic (exact) mass is 979 g/mol. The molecule has 22 nitrogen and oxygen atoms in total. The van der Waals surface area contributed by atoms with Gasteiger partial charge in [-0.2, -0.15) is 37.9 Å². The Hall–Kier alpha value is -5.08. The molecule has 13 N–H and O–H groups in total. The maximum atomic E-state index is 14.0. The van der Waals surface area contributed by atoms with E-state index in [1.165, 1.54) is 9.80 Å². The molecule has 0 saturated carbocycles. The molecule has 2 aromatic rings. The van der Waals surface area contributed by atoms with E-state index >= 15 is 0 Å². The summed E-state index contributed by atoms with van der Waals surface area (Å²) in [7, 11) is 0. The second-order valence-electron chi connectivity index (χ2n) is 16.0. The molecule has 0 radical (unpaired) electrons. The molecule has 364 valence electrons. The first-order chi connectivity index (χ1) is 31.6. The van der Waals surface area contributed by atoms with Crippen LogP contribution < -0.4 is 43.4 Å². The van der Waals surface area contributed by atoms with E-state index in [9.17, 15) is 53.4 Å². The predicted molar refractivity (Wildman–Crippen MR) is 251 cm³/mol. The van der Waals surface area contributed by atoms with Crippen molar-refractivity contribution >= 4 is 102 Å². The van der Waals surface area contributed by atoms with Gasteiger partial charge in [-0.05, 0) is 63.1 Å². The molecule has 2 fully saturated rings. The van der Waals surface area contributed by atoms with Crippen LogP contribution in [0.25, 0.3) is 10.9 Å². The minimum Gasteiger partial charge on any atom is -0.480 e. The summed E-state index contributed by atoms with van der Waals surface area (Å²) in [5.74, 6) is -7.41. The molecule has 0 aliphatic carbocycles. The highest BCUT2D eigenvalue weighted by molar-refractivity contribution is 7.80. The first kappa shape index (κ1) is 53.5. The van der Waals surface area contributed by atoms with Gasteiger partial charge >= 0.3 is 5.97 Å². The standard InChI is InChI=1S/C41H61N11O11S3/c42-12-4-3-9-26(36(57)48-28(19-64)35(56)45-17-33(54)46-27(41(62)63)15-22-16-44-25-8-2-1-7-23(22)25)47-37(58)29(20-65)49-38(59)31-10-5-13-51(31)40(61)32-11-6-14-52(32)39(60)30(21-66)50-34(55)24(43)18-53/h1-2,7-8,16,24,26-32,44,53,64-66H,3-6,9-15,17-21,42-43H2,(H,45,56)(H,46,54)(H,47,58)(H,48,57)(H,49,59)(H,50,55)(H,62,63)/t24-,26-,27-,28-,29-,30-,31-,32-/m0/s1. The number of nitrogens with zero attached hydrogens (tertiary/aromatic N) is 2. The lowest BCUT2D eigenvalue weighted by Crippen LogP contribution is -2.60. The number of hydrogen-bond donors (Lipinski definition) is 14. The Morgan fingerprint density at radius 2 is 1.35 bits per heavy atom. The number of hydrogen-bond acceptors (Lipinski definition) is 15. The molecule has 0 unspecified atom stereocenters. The van der Waals surface area contributed by atoms with Crippen molar-refractivity contribution in [2.45, 2.75) is 99.7 Å². The van der Waals surface area contributed by atoms with Crippen molar-refractivity contribution in [2.24, 2.45) is 11.5 Å². The van der Waals surface area contributed by atoms with E-state index in [1.54, 1.807) is 12.3 Å². The molecule has 0 spiro atoms. The number of aliphatic hydroxyl groups is 1. The number of carbonyl (C=O) groups is 9. The molecule has 25 heteroatoms. The Morgan fingerprint density at radius 1 is 0.742 bits per heavy atom. The molecule has 2 saturated heterocycles. The van der Waals surface area contributed by atoms with Gasteiger partial charge in [0, 0.05) is 53.9 Å². The molecule has 8 atom stereocenters. The quantitative estimate of drug-likeness (QED) is 0.0341. The fourth-order valence-electron chi connectivity index (χ4n) is 7.75. The van der Waals surface area contributed by atoms with Crippen molar-refractivity contribution < 1.29 is 53.4 Å². The van der Waals surface area contributed by atoms with E-state index in [-0.39, 0.29) is 49.6 Å². The molecule has 2 aliphatic heterocycles. The van der Waals surface area contributed by atoms with E-state index < -0.39 is 115 Å². The number of benzene rings is 1. The van der Waals surface area contributed by atoms with Crippen LogP contribution in [0.4, 0.5) is 0 Å². The second kappa shape index (κ2) is 26.3. The Morgan fingerprint density at radius 3 is 2.00 bits per heavy atom. The molecule has 1 aromatic carbocycles. The van der Waals surface area contributed by atoms with Crippen LogP contribution in [0.2, 0.25) is 0 Å². The number of amides is 8. The summed E-state index contributed by atoms with van der Waals surface area (Å²) in [5, 5.41) is 34.9. The lowest BCUT2D eigenvalue weighted by Gasteiger charge is -2.33. The number of carbonyl (C=O) groups excluding carboxylic acids is 8. The van der Waals surface area contributed by atoms with Crippen LogP contribution in [-0.2, 0) is 49.6 Å². The highest BCUT2D eigenvalue weighted by Gasteiger charge is 2.44. The number of unbranched alkanes of at least 4 members (excludes halogenated alkanes) is 1. The highest BCUT2D eigenvalue weighted by Crippen LogP contribution is 2.26. The summed E-state index contributed by atoms with van der Waals surface area (Å²) < 4.78 is 0. The smallest absolute Gasteiger partial charge is 0.326 e. The number of aliphatic hydroxyl groups excluding tert-OH is 1. The third-order valence-electron chi connectivity index (χ3n) is 11.4. The van der Waals surface area contributed by atoms with Gasteiger partial charge in [0.05, 0.1) is 13.2 Å². The van der Waals surface area contributed by atoms with Gasteiger partial charge in [-0.3, -0.25) is 38.4 Å². The number of rotatable bonds is 25. The van der Waals surface area contributed by atoms with Gasteiger partial charge in [0.2, 0.25) is 47.3 Å². The lowest BCUT2D eigenvalue weighted by molar-refractivity contribution is -0.148. The summed E-state index contributed by atoms with van der Waals surface area (Å²) in [6.07, 6.45) is 4.11. The molecule has 3 heterocycles. The minimum absolute atomic E-state index is 0.0309. The molecule has 0 bridgehead atoms. The molecular formula is C41H61N11O11S3. The Kier molecular flexibility index (Phi) is 21.3. The van der Waals surface area contributed by atoms with Crippen LogP contribution in [0.3, 0.4) is 0 Å². The zero-order valence-corrected chi connectivity index (χ0v) is 39.0. The number of nitrogens with two attached hydrogens (primary N) is 2. The van der Waals surface area contributed by atoms with Gasteiger partial charge < -0.3 is 68.4 Å². The SMILES string of the molecule is NCCCC[C@H](NC(=O)[C@H](CS)NC(=O)[C@@H]1CCCN1C(=O)[C@@H]1CCCN1C(=O)[C@H](CS)NC(=O)[C@@H](N)CO)C(=O)N[C@@H](CS)C(=O)NCC(=O)N[C@@H](Cc1c[nH]c2ccccc12)C(=O)O. The normalized spacial score (nSPS) is 18.6. The van der Waals surface area contributed by atoms with E-state index in [4.69, 9.17) is 11.5 Å². The van der Waals surface area contributed by atoms with Crippen LogP contribution in [0, 0.1) is 0 Å². The second-order valence-corrected chi connectivity index (χ2v) is 17.1. The van der Waals surface area contributed by atoms with Crippen molar-refractivity contribution in [1.29, 1.82) is 0 Å². The number of carboxylic acid groups (broad SMARTS) is 1. The molecule has 1 aromatic heterocycles. The van der Waals surface area contributed by atoms with Crippen molar-refractivity contribution in [1.82, 2.24) is 46.7 Å². The van der Waals surface area contributed by atoms with Gasteiger partial charge in [-0.1, -0.05) is 18.2 Å². The largest absolute Gasteiger partial charge is 0.480 e. The maximum Gasteiger partial charge on any atom is 0.326 e. The summed E-state index contributed by atoms with van der Waals surface area (Å²) in [6.45, 7) is -0.544. The van der Waals surface area contributed by atoms with Crippen LogP contribution >= 0.6 is 37.9 Å². The number of aromatic amines is 1. The number of aromatic nitrogens is 1. The number of carboxylic acids is 1. The first-order valence-corrected chi connectivity index (χ1v) is 23.5. The van der Waals surface area contributed by atoms with Gasteiger partial charge in [-0.15, -0.1) is 0 Å². The van der Waals surface area contributed by atoms with Gasteiger partial charge in [0.25, 0.3) is 0 Å². The number of para-hydroxylation sites is 1. The van der Waals surface area contributed by atoms with Crippen molar-refractivity contribution in [3.63, 3.8) is 0 Å². The Bertz CT molecular complexity index is 2060. The number of aliphatic carboxylic acids is 1. The van der Waals surface area contributed by atoms with Gasteiger partial charge in [0.15, 0.2) is 0 Å². The molecule has 66 heavy (non-hydrogen) atoms. The van der Waals surface area contributed by atoms with Crippen LogP contribution in [0.1, 0.15) is 50.5 Å². The number of fused-ring (bicyclic) bond motifs is 1. The zero-order valence-electron chi connectivity index (χ0n) is 36.3. The fourth-order valence-corrected chi connectivity index (χ4v) is 8.51. The van der Waals surface area contributed by atoms with Crippen molar-refractivity contribution in [3.8, 4) is 0 Å². The van der Waals surface area contributed by atoms with Gasteiger partial charge in [0.1, 0.15) is 48.3 Å². The number of likely N-dealkylation sites (tertiary alicyclic amines) is 2. The molecule has 8 amide bonds. The average Bonchev–Trinajstić information content (AvgIpc) is 4.10. The van der Waals surface area contributed by atoms with Crippen LogP contribution in [0.5, 0.6) is 0 Å². The van der Waals surface area contributed by atoms with E-state index in [0.717, 1.165) is 10.9 Å². The molecule has 4 rings (SSSR count). The first-order valence-electron chi connectivity index (χ1n) is 21.6. The van der Waals surface area contributed by atoms with E-state index in [1.807, 2.05) is 18.2 Å². The summed E-state index contributed by atoms with van der Waals surface area (Å²) in [6, 6.07) is -2.11. The lowest BCUT2D eigenvalue weighted by atomic mass is 10.0. The van der Waals surface area contributed by atoms with Crippen molar-refractivity contribution in [3.05, 3.63) is 36.0 Å². The van der Waals surface area contributed by atoms with E-state index in [0.29, 0.717) is 44.2 Å². The van der Waals surface area contributed by atoms with Gasteiger partial charge in [-0.25, -0.2) is 4.79 Å². The van der Waals surface area contributed by atoms with Crippen LogP contribution in [0.15, 0.2) is 30.5 Å². The number of H-pyrrole nitrogens is 1. The number of thiol groups is 3. The zero-order chi connectivity index (χ0) is 48.5. The Labute approximate surface area is 397 Å². The van der Waals surface area contributed by atoms with E-state index in [2.05, 4.69) is 74.8 Å². The maximum absolute atomic E-state index is 14.0. The van der Waals surface area contributed by atoms with Crippen molar-refractivity contribution in [2.75, 3.05) is 50.0 Å². The third-order valence-corrected chi connectivity index (χ3v) is 12.5. The molecular weight excluding hydrogens is 919 g/mol. The Balaban J connectivity index is 1.34. The summed E-state index contributed by atoms with van der Waals surface area (Å²) in [4.78, 5) is 125. The minimum atomic E-state index is -1.31. The number of nitrogens with one attached hydrogen (secondary N) is 7. The molecule has 2 aliphatic rings. The van der Waals surface area contributed by atoms with Crippen LogP contribution in [-0.4, -0.2) is 177 Å². The summed E-state index contributed by atoms with van der Waals surface area (Å²) in [5.41, 5.74) is 12.7. The predicted octanol–water partition coefficient (Wildman–Crippen LogP) is -3.44.